The van der Waals surface area contributed by atoms with Crippen molar-refractivity contribution in [2.75, 3.05) is 62.9 Å². The number of morpholine rings is 1. The van der Waals surface area contributed by atoms with Crippen LogP contribution in [-0.4, -0.2) is 84.4 Å². The average Bonchev–Trinajstić information content (AvgIpc) is 3.27. The number of phenols is 1. The van der Waals surface area contributed by atoms with Crippen molar-refractivity contribution in [1.82, 2.24) is 14.9 Å². The lowest BCUT2D eigenvalue weighted by Gasteiger charge is -2.28. The summed E-state index contributed by atoms with van der Waals surface area (Å²) in [6.45, 7) is 4.32. The summed E-state index contributed by atoms with van der Waals surface area (Å²) in [5, 5.41) is 14.4. The molecule has 3 aliphatic rings. The molecule has 34 heavy (non-hydrogen) atoms. The Balaban J connectivity index is 1.34. The molecule has 5 rings (SSSR count). The largest absolute Gasteiger partial charge is 0.508 e. The summed E-state index contributed by atoms with van der Waals surface area (Å²) in [6.07, 6.45) is 2.39. The van der Waals surface area contributed by atoms with Gasteiger partial charge in [-0.25, -0.2) is 4.79 Å². The number of hydrazone groups is 1. The van der Waals surface area contributed by atoms with Crippen LogP contribution in [0.1, 0.15) is 24.0 Å². The van der Waals surface area contributed by atoms with Crippen LogP contribution in [0, 0.1) is 0 Å². The molecule has 0 atom stereocenters. The molecule has 2 fully saturated rings. The number of hydrogen-bond acceptors (Lipinski definition) is 10. The van der Waals surface area contributed by atoms with Crippen molar-refractivity contribution in [2.24, 2.45) is 5.10 Å². The maximum atomic E-state index is 11.6. The van der Waals surface area contributed by atoms with Gasteiger partial charge in [-0.05, 0) is 43.0 Å². The van der Waals surface area contributed by atoms with E-state index in [1.807, 2.05) is 12.1 Å². The highest BCUT2D eigenvalue weighted by atomic mass is 16.6. The first-order chi connectivity index (χ1) is 16.7. The van der Waals surface area contributed by atoms with E-state index in [2.05, 4.69) is 25.4 Å². The number of aromatic hydroxyl groups is 1. The van der Waals surface area contributed by atoms with Gasteiger partial charge in [0.15, 0.2) is 5.82 Å². The molecule has 1 aliphatic carbocycles. The van der Waals surface area contributed by atoms with Gasteiger partial charge in [-0.3, -0.25) is 5.43 Å². The molecular formula is C23H28N6O5. The number of nitrogens with one attached hydrogen (secondary N) is 1. The Labute approximate surface area is 197 Å². The molecule has 2 saturated heterocycles. The molecule has 0 bridgehead atoms. The molecule has 0 spiro atoms. The second-order valence-corrected chi connectivity index (χ2v) is 8.31. The number of aromatic nitrogens is 2. The molecule has 1 amide bonds. The third-order valence-electron chi connectivity index (χ3n) is 6.03. The van der Waals surface area contributed by atoms with E-state index in [4.69, 9.17) is 14.2 Å². The fraction of sp³-hybridized carbons (Fsp3) is 0.478. The number of nitrogens with zero attached hydrogens (tertiary/aromatic N) is 5. The van der Waals surface area contributed by atoms with Crippen LogP contribution in [-0.2, 0) is 15.9 Å². The topological polar surface area (TPSA) is 122 Å². The molecule has 3 heterocycles. The van der Waals surface area contributed by atoms with E-state index in [1.165, 1.54) is 0 Å². The SMILES string of the molecule is O=C1OCCN1CCOc1nc(N/N=C2/CCCc3cc(O)ccc32)cc(N2CCOCC2)n1. The quantitative estimate of drug-likeness (QED) is 0.588. The van der Waals surface area contributed by atoms with Gasteiger partial charge in [-0.2, -0.15) is 15.1 Å². The highest BCUT2D eigenvalue weighted by Gasteiger charge is 2.22. The number of carbonyl (C=O) groups is 1. The number of aryl methyl sites for hydroxylation is 1. The van der Waals surface area contributed by atoms with Crippen molar-refractivity contribution < 1.29 is 24.1 Å². The fourth-order valence-corrected chi connectivity index (χ4v) is 4.26. The molecule has 11 heteroatoms. The van der Waals surface area contributed by atoms with Gasteiger partial charge in [-0.15, -0.1) is 0 Å². The van der Waals surface area contributed by atoms with E-state index in [0.29, 0.717) is 38.7 Å². The van der Waals surface area contributed by atoms with Crippen LogP contribution >= 0.6 is 0 Å². The molecule has 1 aromatic heterocycles. The lowest BCUT2D eigenvalue weighted by molar-refractivity contribution is 0.122. The van der Waals surface area contributed by atoms with Gasteiger partial charge in [0.05, 0.1) is 32.0 Å². The smallest absolute Gasteiger partial charge is 0.410 e. The van der Waals surface area contributed by atoms with Crippen molar-refractivity contribution in [3.8, 4) is 11.8 Å². The Morgan fingerprint density at radius 3 is 2.82 bits per heavy atom. The minimum atomic E-state index is -0.328. The lowest BCUT2D eigenvalue weighted by Crippen LogP contribution is -2.37. The first-order valence-corrected chi connectivity index (χ1v) is 11.6. The summed E-state index contributed by atoms with van der Waals surface area (Å²) in [5.41, 5.74) is 6.13. The Morgan fingerprint density at radius 1 is 1.12 bits per heavy atom. The first kappa shape index (κ1) is 22.2. The van der Waals surface area contributed by atoms with Crippen LogP contribution in [0.25, 0.3) is 0 Å². The Hall–Kier alpha value is -3.60. The molecule has 0 radical (unpaired) electrons. The first-order valence-electron chi connectivity index (χ1n) is 11.6. The van der Waals surface area contributed by atoms with Gasteiger partial charge < -0.3 is 29.1 Å². The van der Waals surface area contributed by atoms with Crippen molar-refractivity contribution in [1.29, 1.82) is 0 Å². The second-order valence-electron chi connectivity index (χ2n) is 8.31. The predicted molar refractivity (Wildman–Crippen MR) is 125 cm³/mol. The van der Waals surface area contributed by atoms with E-state index in [0.717, 1.165) is 55.0 Å². The van der Waals surface area contributed by atoms with Gasteiger partial charge in [0.2, 0.25) is 0 Å². The van der Waals surface area contributed by atoms with E-state index in [-0.39, 0.29) is 24.5 Å². The van der Waals surface area contributed by atoms with Gasteiger partial charge in [0.25, 0.3) is 0 Å². The monoisotopic (exact) mass is 468 g/mol. The lowest BCUT2D eigenvalue weighted by atomic mass is 9.90. The average molecular weight is 469 g/mol. The number of hydrogen-bond donors (Lipinski definition) is 2. The van der Waals surface area contributed by atoms with E-state index in [1.54, 1.807) is 17.0 Å². The van der Waals surface area contributed by atoms with Crippen molar-refractivity contribution in [3.63, 3.8) is 0 Å². The number of carbonyl (C=O) groups excluding carboxylic acids is 1. The van der Waals surface area contributed by atoms with Crippen molar-refractivity contribution >= 4 is 23.4 Å². The van der Waals surface area contributed by atoms with Crippen molar-refractivity contribution in [3.05, 3.63) is 35.4 Å². The zero-order chi connectivity index (χ0) is 23.3. The summed E-state index contributed by atoms with van der Waals surface area (Å²) >= 11 is 0. The standard InChI is InChI=1S/C23H28N6O5/c30-17-4-5-18-16(14-17)2-1-3-19(18)26-27-20-15-21(28-6-10-32-11-7-28)25-22(24-20)33-12-8-29-9-13-34-23(29)31/h4-5,14-15,30H,1-3,6-13H2,(H,24,25,27)/b26-19-. The van der Waals surface area contributed by atoms with E-state index >= 15 is 0 Å². The Morgan fingerprint density at radius 2 is 2.00 bits per heavy atom. The second kappa shape index (κ2) is 10.1. The fourth-order valence-electron chi connectivity index (χ4n) is 4.26. The summed E-state index contributed by atoms with van der Waals surface area (Å²) in [4.78, 5) is 24.4. The zero-order valence-electron chi connectivity index (χ0n) is 18.9. The van der Waals surface area contributed by atoms with E-state index < -0.39 is 0 Å². The molecule has 0 unspecified atom stereocenters. The molecule has 11 nitrogen and oxygen atoms in total. The van der Waals surface area contributed by atoms with Crippen LogP contribution in [0.3, 0.4) is 0 Å². The normalized spacial score (nSPS) is 19.2. The maximum absolute atomic E-state index is 11.6. The van der Waals surface area contributed by atoms with E-state index in [9.17, 15) is 9.90 Å². The molecule has 1 aromatic carbocycles. The minimum Gasteiger partial charge on any atom is -0.508 e. The zero-order valence-corrected chi connectivity index (χ0v) is 18.9. The number of ether oxygens (including phenoxy) is 3. The summed E-state index contributed by atoms with van der Waals surface area (Å²) in [7, 11) is 0. The number of rotatable bonds is 7. The summed E-state index contributed by atoms with van der Waals surface area (Å²) in [5.74, 6) is 1.51. The molecule has 2 aromatic rings. The van der Waals surface area contributed by atoms with Crippen LogP contribution in [0.15, 0.2) is 29.4 Å². The van der Waals surface area contributed by atoms with Crippen LogP contribution in [0.4, 0.5) is 16.4 Å². The summed E-state index contributed by atoms with van der Waals surface area (Å²) in [6, 6.07) is 7.45. The Bertz CT molecular complexity index is 1070. The molecule has 180 valence electrons. The third-order valence-corrected chi connectivity index (χ3v) is 6.03. The number of benzene rings is 1. The van der Waals surface area contributed by atoms with Crippen LogP contribution < -0.4 is 15.1 Å². The predicted octanol–water partition coefficient (Wildman–Crippen LogP) is 2.00. The van der Waals surface area contributed by atoms with Crippen LogP contribution in [0.2, 0.25) is 0 Å². The van der Waals surface area contributed by atoms with Gasteiger partial charge >= 0.3 is 12.1 Å². The Kier molecular flexibility index (Phi) is 6.61. The third kappa shape index (κ3) is 5.14. The minimum absolute atomic E-state index is 0.216. The highest BCUT2D eigenvalue weighted by molar-refractivity contribution is 6.03. The number of fused-ring (bicyclic) bond motifs is 1. The molecule has 2 N–H and O–H groups in total. The van der Waals surface area contributed by atoms with Gasteiger partial charge in [-0.1, -0.05) is 0 Å². The molecule has 2 aliphatic heterocycles. The number of phenolic OH excluding ortho intramolecular Hbond substituents is 1. The number of amides is 1. The van der Waals surface area contributed by atoms with Crippen LogP contribution in [0.5, 0.6) is 11.8 Å². The number of anilines is 2. The number of cyclic esters (lactones) is 1. The summed E-state index contributed by atoms with van der Waals surface area (Å²) < 4.78 is 16.2. The van der Waals surface area contributed by atoms with Crippen molar-refractivity contribution in [2.45, 2.75) is 19.3 Å². The highest BCUT2D eigenvalue weighted by Crippen LogP contribution is 2.26. The molecule has 0 saturated carbocycles. The van der Waals surface area contributed by atoms with Gasteiger partial charge in [0, 0.05) is 24.7 Å². The van der Waals surface area contributed by atoms with Gasteiger partial charge in [0.1, 0.15) is 24.8 Å². The maximum Gasteiger partial charge on any atom is 0.410 e. The molecular weight excluding hydrogens is 440 g/mol.